The van der Waals surface area contributed by atoms with Crippen LogP contribution in [0.2, 0.25) is 0 Å². The molecule has 70 valence electrons. The number of nitriles is 1. The lowest BCUT2D eigenvalue weighted by atomic mass is 10.0. The number of benzene rings is 1. The molecular formula is C9H3ClFNO2. The second kappa shape index (κ2) is 3.99. The Labute approximate surface area is 83.7 Å². The smallest absolute Gasteiger partial charge is 0.253 e. The molecule has 0 spiro atoms. The maximum atomic E-state index is 12.8. The van der Waals surface area contributed by atoms with E-state index in [1.54, 1.807) is 6.07 Å². The van der Waals surface area contributed by atoms with E-state index in [2.05, 4.69) is 0 Å². The van der Waals surface area contributed by atoms with Gasteiger partial charge in [-0.05, 0) is 23.7 Å². The van der Waals surface area contributed by atoms with Gasteiger partial charge >= 0.3 is 0 Å². The van der Waals surface area contributed by atoms with E-state index in [1.165, 1.54) is 0 Å². The summed E-state index contributed by atoms with van der Waals surface area (Å²) in [4.78, 5) is 21.2. The molecular weight excluding hydrogens is 209 g/mol. The van der Waals surface area contributed by atoms with Crippen molar-refractivity contribution in [3.63, 3.8) is 0 Å². The van der Waals surface area contributed by atoms with Crippen LogP contribution < -0.4 is 0 Å². The van der Waals surface area contributed by atoms with Gasteiger partial charge in [-0.2, -0.15) is 5.26 Å². The molecule has 0 aromatic heterocycles. The number of rotatable bonds is 2. The number of halogens is 2. The molecule has 1 aromatic carbocycles. The third kappa shape index (κ3) is 1.78. The number of hydrogen-bond donors (Lipinski definition) is 0. The summed E-state index contributed by atoms with van der Waals surface area (Å²) < 4.78 is 12.8. The summed E-state index contributed by atoms with van der Waals surface area (Å²) in [6.45, 7) is 0. The number of aldehydes is 1. The van der Waals surface area contributed by atoms with Crippen molar-refractivity contribution in [2.45, 2.75) is 0 Å². The molecule has 0 saturated heterocycles. The molecule has 1 aromatic rings. The molecule has 0 amide bonds. The fourth-order valence-corrected chi connectivity index (χ4v) is 1.15. The summed E-state index contributed by atoms with van der Waals surface area (Å²) in [5, 5.41) is 7.66. The van der Waals surface area contributed by atoms with Gasteiger partial charge in [0.05, 0.1) is 11.1 Å². The Bertz CT molecular complexity index is 451. The van der Waals surface area contributed by atoms with Gasteiger partial charge in [-0.25, -0.2) is 4.39 Å². The molecule has 3 nitrogen and oxygen atoms in total. The van der Waals surface area contributed by atoms with Crippen LogP contribution in [0.1, 0.15) is 26.3 Å². The topological polar surface area (TPSA) is 57.9 Å². The van der Waals surface area contributed by atoms with Crippen LogP contribution in [0.15, 0.2) is 12.1 Å². The largest absolute Gasteiger partial charge is 0.298 e. The predicted molar refractivity (Wildman–Crippen MR) is 46.7 cm³/mol. The van der Waals surface area contributed by atoms with Crippen LogP contribution in [-0.2, 0) is 0 Å². The van der Waals surface area contributed by atoms with Crippen molar-refractivity contribution in [1.29, 1.82) is 5.26 Å². The van der Waals surface area contributed by atoms with Crippen LogP contribution >= 0.6 is 11.6 Å². The van der Waals surface area contributed by atoms with Gasteiger partial charge < -0.3 is 0 Å². The molecule has 0 saturated carbocycles. The Morgan fingerprint density at radius 1 is 1.57 bits per heavy atom. The molecule has 0 aliphatic rings. The van der Waals surface area contributed by atoms with Crippen molar-refractivity contribution in [1.82, 2.24) is 0 Å². The van der Waals surface area contributed by atoms with E-state index in [0.29, 0.717) is 6.29 Å². The zero-order chi connectivity index (χ0) is 10.7. The van der Waals surface area contributed by atoms with Crippen molar-refractivity contribution in [3.05, 3.63) is 34.6 Å². The molecule has 0 bridgehead atoms. The number of carbonyl (C=O) groups is 2. The first kappa shape index (κ1) is 10.4. The van der Waals surface area contributed by atoms with Gasteiger partial charge in [0, 0.05) is 5.56 Å². The van der Waals surface area contributed by atoms with Crippen LogP contribution in [0.4, 0.5) is 4.39 Å². The molecule has 0 N–H and O–H groups in total. The van der Waals surface area contributed by atoms with Crippen molar-refractivity contribution >= 4 is 23.1 Å². The highest BCUT2D eigenvalue weighted by molar-refractivity contribution is 6.68. The van der Waals surface area contributed by atoms with E-state index in [9.17, 15) is 14.0 Å². The van der Waals surface area contributed by atoms with Gasteiger partial charge in [-0.1, -0.05) is 0 Å². The summed E-state index contributed by atoms with van der Waals surface area (Å²) in [5.41, 5.74) is -0.686. The Hall–Kier alpha value is -1.73. The van der Waals surface area contributed by atoms with E-state index >= 15 is 0 Å². The van der Waals surface area contributed by atoms with Crippen molar-refractivity contribution in [2.24, 2.45) is 0 Å². The fraction of sp³-hybridized carbons (Fsp3) is 0. The van der Waals surface area contributed by atoms with Crippen molar-refractivity contribution in [3.8, 4) is 6.07 Å². The first-order valence-corrected chi connectivity index (χ1v) is 3.86. The lowest BCUT2D eigenvalue weighted by molar-refractivity contribution is 0.108. The first-order valence-electron chi connectivity index (χ1n) is 3.48. The monoisotopic (exact) mass is 211 g/mol. The predicted octanol–water partition coefficient (Wildman–Crippen LogP) is 1.89. The van der Waals surface area contributed by atoms with Gasteiger partial charge in [-0.3, -0.25) is 9.59 Å². The number of nitrogens with zero attached hydrogens (tertiary/aromatic N) is 1. The van der Waals surface area contributed by atoms with Gasteiger partial charge in [-0.15, -0.1) is 0 Å². The molecule has 0 heterocycles. The molecule has 1 rings (SSSR count). The molecule has 14 heavy (non-hydrogen) atoms. The summed E-state index contributed by atoms with van der Waals surface area (Å²) in [6, 6.07) is 3.31. The minimum absolute atomic E-state index is 0.184. The fourth-order valence-electron chi connectivity index (χ4n) is 1.00. The Balaban J connectivity index is 3.57. The minimum atomic E-state index is -0.968. The second-order valence-corrected chi connectivity index (χ2v) is 2.76. The molecule has 5 heteroatoms. The third-order valence-electron chi connectivity index (χ3n) is 1.58. The highest BCUT2D eigenvalue weighted by Gasteiger charge is 2.14. The first-order chi connectivity index (χ1) is 6.60. The number of hydrogen-bond acceptors (Lipinski definition) is 3. The van der Waals surface area contributed by atoms with Gasteiger partial charge in [0.25, 0.3) is 5.24 Å². The van der Waals surface area contributed by atoms with E-state index in [4.69, 9.17) is 16.9 Å². The summed E-state index contributed by atoms with van der Waals surface area (Å²) in [7, 11) is 0. The van der Waals surface area contributed by atoms with Crippen LogP contribution in [0.5, 0.6) is 0 Å². The van der Waals surface area contributed by atoms with Crippen LogP contribution in [0.3, 0.4) is 0 Å². The van der Waals surface area contributed by atoms with Crippen molar-refractivity contribution in [2.75, 3.05) is 0 Å². The molecule has 0 unspecified atom stereocenters. The van der Waals surface area contributed by atoms with Gasteiger partial charge in [0.1, 0.15) is 11.9 Å². The quantitative estimate of drug-likeness (QED) is 0.554. The van der Waals surface area contributed by atoms with Crippen molar-refractivity contribution < 1.29 is 14.0 Å². The average molecular weight is 212 g/mol. The zero-order valence-corrected chi connectivity index (χ0v) is 7.51. The molecule has 0 aliphatic carbocycles. The lowest BCUT2D eigenvalue weighted by Crippen LogP contribution is -2.00. The number of carbonyl (C=O) groups excluding carboxylic acids is 2. The standard InChI is InChI=1S/C9H3ClFNO2/c10-9(14)7-2-6(11)1-5(4-13)8(7)3-12/h1-2,4H. The SMILES string of the molecule is N#Cc1c(C=O)cc(F)cc1C(=O)Cl. The van der Waals surface area contributed by atoms with E-state index < -0.39 is 11.1 Å². The molecule has 0 atom stereocenters. The minimum Gasteiger partial charge on any atom is -0.298 e. The average Bonchev–Trinajstić information content (AvgIpc) is 2.16. The van der Waals surface area contributed by atoms with E-state index in [1.807, 2.05) is 0 Å². The Kier molecular flexibility index (Phi) is 2.95. The molecule has 0 radical (unpaired) electrons. The Morgan fingerprint density at radius 3 is 2.64 bits per heavy atom. The summed E-state index contributed by atoms with van der Waals surface area (Å²) in [6.07, 6.45) is 0.297. The third-order valence-corrected chi connectivity index (χ3v) is 1.79. The van der Waals surface area contributed by atoms with E-state index in [0.717, 1.165) is 12.1 Å². The van der Waals surface area contributed by atoms with Gasteiger partial charge in [0.2, 0.25) is 0 Å². The molecule has 0 aliphatic heterocycles. The van der Waals surface area contributed by atoms with Gasteiger partial charge in [0.15, 0.2) is 6.29 Å². The van der Waals surface area contributed by atoms with E-state index in [-0.39, 0.29) is 16.7 Å². The van der Waals surface area contributed by atoms with Crippen LogP contribution in [-0.4, -0.2) is 11.5 Å². The maximum Gasteiger partial charge on any atom is 0.253 e. The normalized spacial score (nSPS) is 9.21. The Morgan fingerprint density at radius 2 is 2.21 bits per heavy atom. The maximum absolute atomic E-state index is 12.8. The molecule has 0 fully saturated rings. The van der Waals surface area contributed by atoms with Crippen LogP contribution in [0.25, 0.3) is 0 Å². The second-order valence-electron chi connectivity index (χ2n) is 2.42. The zero-order valence-electron chi connectivity index (χ0n) is 6.75. The van der Waals surface area contributed by atoms with Crippen LogP contribution in [0, 0.1) is 17.1 Å². The highest BCUT2D eigenvalue weighted by Crippen LogP contribution is 2.17. The summed E-state index contributed by atoms with van der Waals surface area (Å²) >= 11 is 5.12. The lowest BCUT2D eigenvalue weighted by Gasteiger charge is -2.00. The highest BCUT2D eigenvalue weighted by atomic mass is 35.5. The summed E-state index contributed by atoms with van der Waals surface area (Å²) in [5.74, 6) is -0.782.